The molecule has 0 spiro atoms. The highest BCUT2D eigenvalue weighted by molar-refractivity contribution is 6.30. The number of methoxy groups -OCH3 is 1. The van der Waals surface area contributed by atoms with Gasteiger partial charge in [0.1, 0.15) is 11.3 Å². The second kappa shape index (κ2) is 12.4. The molecule has 2 aromatic heterocycles. The number of pyridine rings is 1. The van der Waals surface area contributed by atoms with E-state index in [2.05, 4.69) is 0 Å². The van der Waals surface area contributed by atoms with Crippen LogP contribution in [0.3, 0.4) is 0 Å². The highest BCUT2D eigenvalue weighted by Gasteiger charge is 2.23. The zero-order valence-electron chi connectivity index (χ0n) is 21.4. The molecule has 0 aliphatic rings. The Labute approximate surface area is 242 Å². The first-order valence-corrected chi connectivity index (χ1v) is 11.9. The topological polar surface area (TPSA) is 81.7 Å². The number of carbonyl (C=O) groups excluding carboxylic acids is 3. The number of nitrogens with zero attached hydrogens (tertiary/aromatic N) is 3. The zero-order valence-corrected chi connectivity index (χ0v) is 24.3. The lowest BCUT2D eigenvalue weighted by molar-refractivity contribution is -0.727. The molecule has 2 heterocycles. The van der Waals surface area contributed by atoms with Crippen LogP contribution in [0.5, 0.6) is 5.75 Å². The monoisotopic (exact) mass is 647 g/mol. The molecule has 4 rings (SSSR count). The van der Waals surface area contributed by atoms with Crippen LogP contribution in [0, 0.1) is 6.92 Å². The number of hydrogen-bond acceptors (Lipinski definition) is 5. The van der Waals surface area contributed by atoms with Crippen molar-refractivity contribution in [3.8, 4) is 5.75 Å². The van der Waals surface area contributed by atoms with Gasteiger partial charge in [0.05, 0.1) is 19.0 Å². The van der Waals surface area contributed by atoms with Crippen LogP contribution in [0.1, 0.15) is 32.0 Å². The second-order valence-electron chi connectivity index (χ2n) is 8.72. The van der Waals surface area contributed by atoms with Gasteiger partial charge in [-0.05, 0) is 61.0 Å². The van der Waals surface area contributed by atoms with Crippen LogP contribution < -0.4 is 33.3 Å². The van der Waals surface area contributed by atoms with Crippen molar-refractivity contribution in [2.24, 2.45) is 0 Å². The molecule has 2 aromatic carbocycles. The van der Waals surface area contributed by atoms with E-state index in [1.54, 1.807) is 98.2 Å². The average Bonchev–Trinajstić information content (AvgIpc) is 3.17. The van der Waals surface area contributed by atoms with Gasteiger partial charge in [-0.15, -0.1) is 0 Å². The number of esters is 1. The molecule has 0 fully saturated rings. The zero-order chi connectivity index (χ0) is 26.7. The lowest BCUT2D eigenvalue weighted by Gasteiger charge is -2.09. The fraction of sp³-hybridized carbons (Fsp3) is 0.214. The highest BCUT2D eigenvalue weighted by atomic mass is 127. The fourth-order valence-corrected chi connectivity index (χ4v) is 4.25. The van der Waals surface area contributed by atoms with Crippen LogP contribution in [0.25, 0.3) is 10.9 Å². The van der Waals surface area contributed by atoms with Gasteiger partial charge in [0.2, 0.25) is 0 Å². The van der Waals surface area contributed by atoms with Gasteiger partial charge in [-0.2, -0.15) is 4.57 Å². The van der Waals surface area contributed by atoms with E-state index in [0.29, 0.717) is 38.7 Å². The number of fused-ring (bicyclic) bond motifs is 1. The van der Waals surface area contributed by atoms with Crippen molar-refractivity contribution in [2.75, 3.05) is 21.2 Å². The van der Waals surface area contributed by atoms with Gasteiger partial charge in [0.25, 0.3) is 18.5 Å². The van der Waals surface area contributed by atoms with Crippen molar-refractivity contribution in [3.05, 3.63) is 94.4 Å². The minimum Gasteiger partial charge on any atom is -1.00 e. The summed E-state index contributed by atoms with van der Waals surface area (Å²) in [5, 5.41) is 1.26. The van der Waals surface area contributed by atoms with Gasteiger partial charge < -0.3 is 38.4 Å². The van der Waals surface area contributed by atoms with Crippen LogP contribution in [0.4, 0.5) is 0 Å². The molecule has 0 aliphatic heterocycles. The first-order chi connectivity index (χ1) is 17.7. The van der Waals surface area contributed by atoms with Crippen LogP contribution in [0.2, 0.25) is 5.02 Å². The molecule has 1 amide bonds. The Morgan fingerprint density at radius 2 is 1.74 bits per heavy atom. The summed E-state index contributed by atoms with van der Waals surface area (Å²) in [6, 6.07) is 15.5. The number of ether oxygens (including phenoxy) is 2. The molecule has 0 aliphatic carbocycles. The molecule has 38 heavy (non-hydrogen) atoms. The Morgan fingerprint density at radius 1 is 1.03 bits per heavy atom. The van der Waals surface area contributed by atoms with Crippen LogP contribution in [-0.4, -0.2) is 48.5 Å². The number of benzene rings is 2. The molecule has 0 radical (unpaired) electrons. The fourth-order valence-electron chi connectivity index (χ4n) is 4.12. The van der Waals surface area contributed by atoms with E-state index >= 15 is 0 Å². The number of amides is 1. The summed E-state index contributed by atoms with van der Waals surface area (Å²) in [7, 11) is 4.90. The second-order valence-corrected chi connectivity index (χ2v) is 9.16. The smallest absolute Gasteiger partial charge is 0.315 e. The van der Waals surface area contributed by atoms with E-state index in [9.17, 15) is 14.4 Å². The summed E-state index contributed by atoms with van der Waals surface area (Å²) in [5.74, 6) is -0.248. The van der Waals surface area contributed by atoms with Crippen molar-refractivity contribution >= 4 is 40.3 Å². The standard InChI is InChI=1S/C28H27ClN3O5.HI/c1-18-23(15-26(33)37-17-31-13-5-6-20(16-31)27(34)30(2)3)24-14-22(36-4)11-12-25(24)32(18)28(35)19-7-9-21(29)10-8-19;/h5-14,16H,15,17H2,1-4H3;1H/q+1;/p-1. The maximum atomic E-state index is 13.4. The third kappa shape index (κ3) is 6.16. The molecule has 0 saturated carbocycles. The molecule has 0 bridgehead atoms. The lowest BCUT2D eigenvalue weighted by Crippen LogP contribution is -3.00. The quantitative estimate of drug-likeness (QED) is 0.170. The summed E-state index contributed by atoms with van der Waals surface area (Å²) in [4.78, 5) is 40.0. The van der Waals surface area contributed by atoms with Gasteiger partial charge in [-0.3, -0.25) is 19.0 Å². The molecule has 0 saturated heterocycles. The number of hydrogen-bond donors (Lipinski definition) is 0. The Balaban J connectivity index is 0.00000400. The molecule has 4 aromatic rings. The maximum Gasteiger partial charge on any atom is 0.315 e. The maximum absolute atomic E-state index is 13.4. The molecular formula is C28H27ClIN3O5. The minimum absolute atomic E-state index is 0. The predicted octanol–water partition coefficient (Wildman–Crippen LogP) is 1.04. The Bertz CT molecular complexity index is 1500. The number of halogens is 2. The van der Waals surface area contributed by atoms with Gasteiger partial charge in [0.15, 0.2) is 12.4 Å². The molecular weight excluding hydrogens is 621 g/mol. The van der Waals surface area contributed by atoms with E-state index in [1.807, 2.05) is 6.07 Å². The Morgan fingerprint density at radius 3 is 2.39 bits per heavy atom. The largest absolute Gasteiger partial charge is 1.00 e. The van der Waals surface area contributed by atoms with Crippen molar-refractivity contribution in [1.29, 1.82) is 0 Å². The van der Waals surface area contributed by atoms with Crippen molar-refractivity contribution in [2.45, 2.75) is 20.1 Å². The van der Waals surface area contributed by atoms with Crippen LogP contribution >= 0.6 is 11.6 Å². The molecule has 0 N–H and O–H groups in total. The van der Waals surface area contributed by atoms with Crippen molar-refractivity contribution < 1.29 is 52.4 Å². The normalized spacial score (nSPS) is 10.6. The van der Waals surface area contributed by atoms with E-state index in [-0.39, 0.29) is 48.9 Å². The highest BCUT2D eigenvalue weighted by Crippen LogP contribution is 2.31. The molecule has 0 atom stereocenters. The van der Waals surface area contributed by atoms with Gasteiger partial charge in [0, 0.05) is 41.8 Å². The molecule has 0 unspecified atom stereocenters. The number of aromatic nitrogens is 2. The number of rotatable bonds is 7. The van der Waals surface area contributed by atoms with Gasteiger partial charge >= 0.3 is 5.97 Å². The van der Waals surface area contributed by atoms with E-state index in [4.69, 9.17) is 21.1 Å². The van der Waals surface area contributed by atoms with E-state index in [1.165, 1.54) is 4.90 Å². The van der Waals surface area contributed by atoms with Crippen molar-refractivity contribution in [1.82, 2.24) is 9.47 Å². The van der Waals surface area contributed by atoms with E-state index in [0.717, 1.165) is 5.39 Å². The lowest BCUT2D eigenvalue weighted by atomic mass is 10.1. The third-order valence-electron chi connectivity index (χ3n) is 6.04. The van der Waals surface area contributed by atoms with Crippen molar-refractivity contribution in [3.63, 3.8) is 0 Å². The third-order valence-corrected chi connectivity index (χ3v) is 6.30. The Kier molecular flexibility index (Phi) is 9.50. The summed E-state index contributed by atoms with van der Waals surface area (Å²) in [6.07, 6.45) is 3.29. The average molecular weight is 648 g/mol. The first kappa shape index (κ1) is 29.1. The van der Waals surface area contributed by atoms with Gasteiger partial charge in [-0.25, -0.2) is 0 Å². The summed E-state index contributed by atoms with van der Waals surface area (Å²) < 4.78 is 14.1. The molecule has 8 nitrogen and oxygen atoms in total. The SMILES string of the molecule is COc1ccc2c(c1)c(CC(=O)OC[n+]1cccc(C(=O)N(C)C)c1)c(C)n2C(=O)c1ccc(Cl)cc1.[I-]. The summed E-state index contributed by atoms with van der Waals surface area (Å²) in [5.41, 5.74) is 2.91. The predicted molar refractivity (Wildman–Crippen MR) is 139 cm³/mol. The molecule has 198 valence electrons. The Hall–Kier alpha value is -3.44. The van der Waals surface area contributed by atoms with Gasteiger partial charge in [-0.1, -0.05) is 11.6 Å². The van der Waals surface area contributed by atoms with Crippen LogP contribution in [0.15, 0.2) is 67.0 Å². The van der Waals surface area contributed by atoms with E-state index < -0.39 is 5.97 Å². The van der Waals surface area contributed by atoms with Crippen LogP contribution in [-0.2, 0) is 22.7 Å². The molecule has 10 heteroatoms. The minimum atomic E-state index is -0.472. The summed E-state index contributed by atoms with van der Waals surface area (Å²) >= 11 is 5.99. The first-order valence-electron chi connectivity index (χ1n) is 11.5. The summed E-state index contributed by atoms with van der Waals surface area (Å²) in [6.45, 7) is 1.74. The number of carbonyl (C=O) groups is 3.